The molecule has 6 heteroatoms. The van der Waals surface area contributed by atoms with E-state index >= 15 is 0 Å². The number of rotatable bonds is 5. The molecule has 0 radical (unpaired) electrons. The lowest BCUT2D eigenvalue weighted by molar-refractivity contribution is 0.0389. The molecule has 5 nitrogen and oxygen atoms in total. The highest BCUT2D eigenvalue weighted by Gasteiger charge is 2.09. The summed E-state index contributed by atoms with van der Waals surface area (Å²) in [7, 11) is 0. The molecule has 0 aromatic rings. The van der Waals surface area contributed by atoms with E-state index in [1.54, 1.807) is 0 Å². The van der Waals surface area contributed by atoms with Crippen LogP contribution in [0.5, 0.6) is 0 Å². The van der Waals surface area contributed by atoms with Crippen LogP contribution in [0, 0.1) is 5.92 Å². The SMILES string of the molecule is S=C(NCCN1CCOCC1)N/N=C\[C@@H]1CC=CCC1. The van der Waals surface area contributed by atoms with Gasteiger partial charge in [-0.3, -0.25) is 10.3 Å². The van der Waals surface area contributed by atoms with Gasteiger partial charge in [-0.1, -0.05) is 12.2 Å². The van der Waals surface area contributed by atoms with Gasteiger partial charge in [0.1, 0.15) is 0 Å². The molecule has 0 unspecified atom stereocenters. The Morgan fingerprint density at radius 2 is 2.25 bits per heavy atom. The molecule has 2 rings (SSSR count). The number of hydrogen-bond donors (Lipinski definition) is 2. The van der Waals surface area contributed by atoms with Gasteiger partial charge >= 0.3 is 0 Å². The molecular weight excluding hydrogens is 272 g/mol. The van der Waals surface area contributed by atoms with E-state index in [1.165, 1.54) is 6.42 Å². The summed E-state index contributed by atoms with van der Waals surface area (Å²) in [5.74, 6) is 0.545. The van der Waals surface area contributed by atoms with Gasteiger partial charge in [0.15, 0.2) is 5.11 Å². The molecule has 1 heterocycles. The van der Waals surface area contributed by atoms with Gasteiger partial charge < -0.3 is 10.1 Å². The van der Waals surface area contributed by atoms with E-state index in [-0.39, 0.29) is 0 Å². The van der Waals surface area contributed by atoms with E-state index < -0.39 is 0 Å². The van der Waals surface area contributed by atoms with Gasteiger partial charge in [0, 0.05) is 32.4 Å². The number of ether oxygens (including phenoxy) is 1. The zero-order valence-electron chi connectivity index (χ0n) is 11.9. The molecule has 1 atom stereocenters. The standard InChI is InChI=1S/C14H24N4OS/c20-14(15-6-7-18-8-10-19-11-9-18)17-16-12-13-4-2-1-3-5-13/h1-2,12-13H,3-11H2,(H2,15,17,20)/b16-12-/t13-/m1/s1. The monoisotopic (exact) mass is 296 g/mol. The molecule has 0 saturated carbocycles. The fourth-order valence-corrected chi connectivity index (χ4v) is 2.50. The topological polar surface area (TPSA) is 48.9 Å². The van der Waals surface area contributed by atoms with Gasteiger partial charge in [0.25, 0.3) is 0 Å². The first-order valence-corrected chi connectivity index (χ1v) is 7.77. The lowest BCUT2D eigenvalue weighted by atomic mass is 9.96. The van der Waals surface area contributed by atoms with Crippen LogP contribution < -0.4 is 10.7 Å². The van der Waals surface area contributed by atoms with Crippen molar-refractivity contribution in [3.05, 3.63) is 12.2 Å². The summed E-state index contributed by atoms with van der Waals surface area (Å²) in [6, 6.07) is 0. The second-order valence-electron chi connectivity index (χ2n) is 5.14. The minimum atomic E-state index is 0.545. The molecule has 1 fully saturated rings. The second-order valence-corrected chi connectivity index (χ2v) is 5.55. The van der Waals surface area contributed by atoms with Gasteiger partial charge in [-0.25, -0.2) is 0 Å². The first-order valence-electron chi connectivity index (χ1n) is 7.37. The number of hydrogen-bond acceptors (Lipinski definition) is 4. The average molecular weight is 296 g/mol. The summed E-state index contributed by atoms with van der Waals surface area (Å²) in [5.41, 5.74) is 2.89. The summed E-state index contributed by atoms with van der Waals surface area (Å²) in [6.45, 7) is 5.52. The lowest BCUT2D eigenvalue weighted by Gasteiger charge is -2.26. The Morgan fingerprint density at radius 1 is 1.40 bits per heavy atom. The van der Waals surface area contributed by atoms with Crippen LogP contribution in [0.3, 0.4) is 0 Å². The largest absolute Gasteiger partial charge is 0.379 e. The molecule has 0 amide bonds. The van der Waals surface area contributed by atoms with Crippen molar-refractivity contribution in [3.8, 4) is 0 Å². The minimum absolute atomic E-state index is 0.545. The zero-order chi connectivity index (χ0) is 14.0. The predicted molar refractivity (Wildman–Crippen MR) is 86.0 cm³/mol. The molecule has 2 N–H and O–H groups in total. The summed E-state index contributed by atoms with van der Waals surface area (Å²) in [5, 5.41) is 7.99. The van der Waals surface area contributed by atoms with Crippen molar-refractivity contribution in [2.45, 2.75) is 19.3 Å². The van der Waals surface area contributed by atoms with Crippen LogP contribution >= 0.6 is 12.2 Å². The Labute approximate surface area is 126 Å². The van der Waals surface area contributed by atoms with Crippen molar-refractivity contribution in [1.29, 1.82) is 0 Å². The van der Waals surface area contributed by atoms with Crippen molar-refractivity contribution in [1.82, 2.24) is 15.6 Å². The molecule has 1 aliphatic carbocycles. The highest BCUT2D eigenvalue weighted by atomic mass is 32.1. The second kappa shape index (κ2) is 9.05. The Kier molecular flexibility index (Phi) is 6.97. The number of nitrogens with zero attached hydrogens (tertiary/aromatic N) is 2. The van der Waals surface area contributed by atoms with Crippen LogP contribution in [0.25, 0.3) is 0 Å². The third-order valence-electron chi connectivity index (χ3n) is 3.58. The van der Waals surface area contributed by atoms with Crippen LogP contribution in [0.2, 0.25) is 0 Å². The number of allylic oxidation sites excluding steroid dienone is 2. The fraction of sp³-hybridized carbons (Fsp3) is 0.714. The normalized spacial score (nSPS) is 23.9. The molecule has 112 valence electrons. The predicted octanol–water partition coefficient (Wildman–Crippen LogP) is 1.12. The zero-order valence-corrected chi connectivity index (χ0v) is 12.7. The number of thiocarbonyl (C=S) groups is 1. The van der Waals surface area contributed by atoms with Crippen molar-refractivity contribution in [2.75, 3.05) is 39.4 Å². The van der Waals surface area contributed by atoms with Gasteiger partial charge in [-0.05, 0) is 37.4 Å². The van der Waals surface area contributed by atoms with E-state index in [1.807, 2.05) is 6.21 Å². The summed E-state index contributed by atoms with van der Waals surface area (Å²) in [4.78, 5) is 2.37. The maximum absolute atomic E-state index is 5.31. The maximum atomic E-state index is 5.31. The Bertz CT molecular complexity index is 353. The minimum Gasteiger partial charge on any atom is -0.379 e. The van der Waals surface area contributed by atoms with Crippen molar-refractivity contribution in [3.63, 3.8) is 0 Å². The average Bonchev–Trinajstić information content (AvgIpc) is 2.49. The molecule has 1 aliphatic heterocycles. The molecule has 0 bridgehead atoms. The summed E-state index contributed by atoms with van der Waals surface area (Å²) >= 11 is 5.19. The van der Waals surface area contributed by atoms with Crippen LogP contribution in [-0.4, -0.2) is 55.6 Å². The van der Waals surface area contributed by atoms with Crippen LogP contribution in [-0.2, 0) is 4.74 Å². The Morgan fingerprint density at radius 3 is 3.00 bits per heavy atom. The van der Waals surface area contributed by atoms with Crippen molar-refractivity contribution < 1.29 is 4.74 Å². The molecule has 20 heavy (non-hydrogen) atoms. The van der Waals surface area contributed by atoms with E-state index in [2.05, 4.69) is 32.9 Å². The first kappa shape index (κ1) is 15.4. The Balaban J connectivity index is 1.53. The van der Waals surface area contributed by atoms with Gasteiger partial charge in [0.2, 0.25) is 0 Å². The van der Waals surface area contributed by atoms with E-state index in [4.69, 9.17) is 17.0 Å². The van der Waals surface area contributed by atoms with E-state index in [0.717, 1.165) is 52.2 Å². The highest BCUT2D eigenvalue weighted by Crippen LogP contribution is 2.15. The van der Waals surface area contributed by atoms with Gasteiger partial charge in [0.05, 0.1) is 13.2 Å². The smallest absolute Gasteiger partial charge is 0.186 e. The highest BCUT2D eigenvalue weighted by molar-refractivity contribution is 7.80. The van der Waals surface area contributed by atoms with Gasteiger partial charge in [-0.15, -0.1) is 0 Å². The maximum Gasteiger partial charge on any atom is 0.186 e. The third-order valence-corrected chi connectivity index (χ3v) is 3.81. The molecule has 0 aromatic heterocycles. The summed E-state index contributed by atoms with van der Waals surface area (Å²) < 4.78 is 5.31. The van der Waals surface area contributed by atoms with E-state index in [9.17, 15) is 0 Å². The quantitative estimate of drug-likeness (QED) is 0.345. The summed E-state index contributed by atoms with van der Waals surface area (Å²) in [6.07, 6.45) is 9.84. The number of nitrogens with one attached hydrogen (secondary N) is 2. The molecule has 2 aliphatic rings. The molecule has 0 spiro atoms. The molecular formula is C14H24N4OS. The third kappa shape index (κ3) is 5.98. The first-order chi connectivity index (χ1) is 9.84. The number of hydrazone groups is 1. The van der Waals surface area contributed by atoms with Gasteiger partial charge in [-0.2, -0.15) is 5.10 Å². The number of morpholine rings is 1. The van der Waals surface area contributed by atoms with E-state index in [0.29, 0.717) is 11.0 Å². The van der Waals surface area contributed by atoms with Crippen LogP contribution in [0.15, 0.2) is 17.3 Å². The fourth-order valence-electron chi connectivity index (χ4n) is 2.35. The van der Waals surface area contributed by atoms with Crippen LogP contribution in [0.4, 0.5) is 0 Å². The van der Waals surface area contributed by atoms with Crippen molar-refractivity contribution >= 4 is 23.5 Å². The molecule has 0 aromatic carbocycles. The van der Waals surface area contributed by atoms with Crippen molar-refractivity contribution in [2.24, 2.45) is 11.0 Å². The molecule has 1 saturated heterocycles. The Hall–Kier alpha value is -0.980. The van der Waals surface area contributed by atoms with Crippen LogP contribution in [0.1, 0.15) is 19.3 Å². The lowest BCUT2D eigenvalue weighted by Crippen LogP contribution is -2.42.